The number of hydrogen-bond acceptors (Lipinski definition) is 6. The second-order valence-electron chi connectivity index (χ2n) is 5.83. The molecule has 2 rings (SSSR count). The van der Waals surface area contributed by atoms with Gasteiger partial charge in [-0.25, -0.2) is 0 Å². The van der Waals surface area contributed by atoms with E-state index in [2.05, 4.69) is 34.7 Å². The van der Waals surface area contributed by atoms with E-state index in [4.69, 9.17) is 4.74 Å². The van der Waals surface area contributed by atoms with E-state index in [0.717, 1.165) is 35.9 Å². The van der Waals surface area contributed by atoms with Crippen molar-refractivity contribution in [3.8, 4) is 0 Å². The maximum Gasteiger partial charge on any atom is 0.229 e. The molecule has 2 heterocycles. The van der Waals surface area contributed by atoms with Crippen molar-refractivity contribution in [2.24, 2.45) is 5.41 Å². The van der Waals surface area contributed by atoms with Crippen molar-refractivity contribution in [1.29, 1.82) is 0 Å². The number of piperidine rings is 1. The fraction of sp³-hybridized carbons (Fsp3) is 0.786. The number of aromatic nitrogens is 2. The summed E-state index contributed by atoms with van der Waals surface area (Å²) in [6, 6.07) is 0. The van der Waals surface area contributed by atoms with Gasteiger partial charge in [-0.15, -0.1) is 22.6 Å². The third-order valence-electron chi connectivity index (χ3n) is 3.84. The molecule has 1 aromatic heterocycles. The second kappa shape index (κ2) is 8.76. The molecule has 6 nitrogen and oxygen atoms in total. The summed E-state index contributed by atoms with van der Waals surface area (Å²) in [5.41, 5.74) is -0.411. The normalized spacial score (nSPS) is 17.1. The van der Waals surface area contributed by atoms with Gasteiger partial charge in [0, 0.05) is 13.0 Å². The summed E-state index contributed by atoms with van der Waals surface area (Å²) in [7, 11) is 1.65. The molecule has 0 spiro atoms. The largest absolute Gasteiger partial charge is 0.384 e. The minimum Gasteiger partial charge on any atom is -0.384 e. The fourth-order valence-corrected chi connectivity index (χ4v) is 3.32. The van der Waals surface area contributed by atoms with Crippen molar-refractivity contribution in [2.45, 2.75) is 39.2 Å². The van der Waals surface area contributed by atoms with Crippen LogP contribution in [-0.4, -0.2) is 42.9 Å². The lowest BCUT2D eigenvalue weighted by Gasteiger charge is -2.35. The summed E-state index contributed by atoms with van der Waals surface area (Å²) in [6.07, 6.45) is 1.61. The first-order valence-electron chi connectivity index (χ1n) is 7.37. The number of hydrogen-bond donors (Lipinski definition) is 2. The Kier molecular flexibility index (Phi) is 7.68. The van der Waals surface area contributed by atoms with Crippen LogP contribution in [0.25, 0.3) is 0 Å². The fourth-order valence-electron chi connectivity index (χ4n) is 2.53. The number of carbonyl (C=O) groups is 1. The molecule has 0 aliphatic carbocycles. The van der Waals surface area contributed by atoms with Gasteiger partial charge < -0.3 is 15.4 Å². The molecule has 1 saturated heterocycles. The molecule has 1 fully saturated rings. The Morgan fingerprint density at radius 3 is 2.64 bits per heavy atom. The van der Waals surface area contributed by atoms with Gasteiger partial charge in [-0.2, -0.15) is 0 Å². The van der Waals surface area contributed by atoms with E-state index >= 15 is 0 Å². The number of carbonyl (C=O) groups excluding carboxylic acids is 1. The molecule has 0 aromatic carbocycles. The van der Waals surface area contributed by atoms with Crippen LogP contribution in [0, 0.1) is 5.41 Å². The number of nitrogens with one attached hydrogen (secondary N) is 2. The molecular formula is C14H25ClN4O2S. The van der Waals surface area contributed by atoms with Crippen LogP contribution in [-0.2, 0) is 16.1 Å². The number of ether oxygens (including phenoxy) is 1. The first-order valence-corrected chi connectivity index (χ1v) is 8.19. The van der Waals surface area contributed by atoms with Crippen molar-refractivity contribution in [2.75, 3.05) is 26.8 Å². The Bertz CT molecular complexity index is 470. The van der Waals surface area contributed by atoms with Crippen LogP contribution in [0.3, 0.4) is 0 Å². The Morgan fingerprint density at radius 2 is 2.09 bits per heavy atom. The Morgan fingerprint density at radius 1 is 1.41 bits per heavy atom. The number of rotatable bonds is 6. The molecule has 1 aliphatic rings. The molecule has 1 amide bonds. The molecule has 0 unspecified atom stereocenters. The summed E-state index contributed by atoms with van der Waals surface area (Å²) in [5.74, 6) is 0.434. The van der Waals surface area contributed by atoms with Crippen LogP contribution < -0.4 is 10.6 Å². The highest BCUT2D eigenvalue weighted by Gasteiger charge is 2.39. The molecular weight excluding hydrogens is 324 g/mol. The van der Waals surface area contributed by atoms with Gasteiger partial charge in [0.2, 0.25) is 5.91 Å². The van der Waals surface area contributed by atoms with Crippen LogP contribution in [0.5, 0.6) is 0 Å². The van der Waals surface area contributed by atoms with Gasteiger partial charge in [-0.05, 0) is 25.9 Å². The van der Waals surface area contributed by atoms with Gasteiger partial charge in [0.15, 0.2) is 0 Å². The lowest BCUT2D eigenvalue weighted by molar-refractivity contribution is -0.136. The van der Waals surface area contributed by atoms with Crippen molar-refractivity contribution >= 4 is 29.7 Å². The zero-order valence-electron chi connectivity index (χ0n) is 13.3. The number of nitrogens with zero attached hydrogens (tertiary/aromatic N) is 2. The minimum absolute atomic E-state index is 0. The Labute approximate surface area is 141 Å². The molecule has 0 atom stereocenters. The van der Waals surface area contributed by atoms with Crippen LogP contribution >= 0.6 is 23.7 Å². The summed E-state index contributed by atoms with van der Waals surface area (Å²) in [4.78, 5) is 12.6. The molecule has 1 aliphatic heterocycles. The molecule has 2 N–H and O–H groups in total. The van der Waals surface area contributed by atoms with Gasteiger partial charge in [0.05, 0.1) is 18.6 Å². The zero-order valence-corrected chi connectivity index (χ0v) is 15.0. The average Bonchev–Trinajstić information content (AvgIpc) is 2.95. The maximum absolute atomic E-state index is 12.6. The standard InChI is InChI=1S/C14H24N4O2S.ClH/c1-10(2)12-18-17-11(21-12)8-16-13(19)14(9-20-3)4-6-15-7-5-14;/h10,15H,4-9H2,1-3H3,(H,16,19);1H. The predicted octanol–water partition coefficient (Wildman–Crippen LogP) is 1.72. The summed E-state index contributed by atoms with van der Waals surface area (Å²) in [6.45, 7) is 6.80. The monoisotopic (exact) mass is 348 g/mol. The molecule has 0 bridgehead atoms. The van der Waals surface area contributed by atoms with E-state index in [1.54, 1.807) is 18.4 Å². The quantitative estimate of drug-likeness (QED) is 0.818. The summed E-state index contributed by atoms with van der Waals surface area (Å²) in [5, 5.41) is 16.4. The number of amides is 1. The Hall–Kier alpha value is -0.760. The summed E-state index contributed by atoms with van der Waals surface area (Å²) >= 11 is 1.56. The van der Waals surface area contributed by atoms with Gasteiger partial charge in [-0.3, -0.25) is 4.79 Å². The smallest absolute Gasteiger partial charge is 0.229 e. The number of halogens is 1. The highest BCUT2D eigenvalue weighted by atomic mass is 35.5. The highest BCUT2D eigenvalue weighted by Crippen LogP contribution is 2.29. The molecule has 22 heavy (non-hydrogen) atoms. The first kappa shape index (κ1) is 19.3. The predicted molar refractivity (Wildman–Crippen MR) is 89.5 cm³/mol. The molecule has 0 radical (unpaired) electrons. The van der Waals surface area contributed by atoms with E-state index in [9.17, 15) is 4.79 Å². The van der Waals surface area contributed by atoms with Crippen molar-refractivity contribution in [1.82, 2.24) is 20.8 Å². The van der Waals surface area contributed by atoms with Gasteiger partial charge in [-0.1, -0.05) is 25.2 Å². The van der Waals surface area contributed by atoms with Crippen LogP contribution in [0.15, 0.2) is 0 Å². The number of methoxy groups -OCH3 is 1. The maximum atomic E-state index is 12.6. The third kappa shape index (κ3) is 4.62. The van der Waals surface area contributed by atoms with E-state index in [0.29, 0.717) is 19.1 Å². The van der Waals surface area contributed by atoms with Crippen molar-refractivity contribution < 1.29 is 9.53 Å². The Balaban J connectivity index is 0.00000242. The lowest BCUT2D eigenvalue weighted by Crippen LogP contribution is -2.49. The van der Waals surface area contributed by atoms with Gasteiger partial charge in [0.1, 0.15) is 10.0 Å². The van der Waals surface area contributed by atoms with Crippen LogP contribution in [0.2, 0.25) is 0 Å². The van der Waals surface area contributed by atoms with Gasteiger partial charge in [0.25, 0.3) is 0 Å². The second-order valence-corrected chi connectivity index (χ2v) is 6.93. The van der Waals surface area contributed by atoms with E-state index < -0.39 is 5.41 Å². The minimum atomic E-state index is -0.411. The van der Waals surface area contributed by atoms with Gasteiger partial charge >= 0.3 is 0 Å². The molecule has 8 heteroatoms. The third-order valence-corrected chi connectivity index (χ3v) is 5.06. The van der Waals surface area contributed by atoms with Crippen LogP contribution in [0.4, 0.5) is 0 Å². The van der Waals surface area contributed by atoms with E-state index in [1.807, 2.05) is 0 Å². The molecule has 1 aromatic rings. The van der Waals surface area contributed by atoms with Crippen LogP contribution in [0.1, 0.15) is 42.6 Å². The molecule has 0 saturated carbocycles. The SMILES string of the molecule is COCC1(C(=O)NCc2nnc(C(C)C)s2)CCNCC1.Cl. The van der Waals surface area contributed by atoms with E-state index in [1.165, 1.54) is 0 Å². The van der Waals surface area contributed by atoms with Crippen molar-refractivity contribution in [3.63, 3.8) is 0 Å². The summed E-state index contributed by atoms with van der Waals surface area (Å²) < 4.78 is 5.28. The topological polar surface area (TPSA) is 76.1 Å². The first-order chi connectivity index (χ1) is 10.1. The molecule has 126 valence electrons. The highest BCUT2D eigenvalue weighted by molar-refractivity contribution is 7.11. The zero-order chi connectivity index (χ0) is 15.3. The average molecular weight is 349 g/mol. The van der Waals surface area contributed by atoms with Crippen molar-refractivity contribution in [3.05, 3.63) is 10.0 Å². The lowest BCUT2D eigenvalue weighted by atomic mass is 9.78. The van der Waals surface area contributed by atoms with E-state index in [-0.39, 0.29) is 18.3 Å².